The van der Waals surface area contributed by atoms with Crippen LogP contribution in [0.25, 0.3) is 0 Å². The molecular weight excluding hydrogens is 452 g/mol. The van der Waals surface area contributed by atoms with Gasteiger partial charge in [-0.1, -0.05) is 59.3 Å². The van der Waals surface area contributed by atoms with Crippen molar-refractivity contribution in [1.82, 2.24) is 0 Å². The zero-order valence-corrected chi connectivity index (χ0v) is 22.9. The molecule has 0 saturated heterocycles. The van der Waals surface area contributed by atoms with Crippen molar-refractivity contribution >= 4 is 11.8 Å². The number of aliphatic hydroxyl groups excluding tert-OH is 2. The Labute approximate surface area is 218 Å². The molecule has 4 rings (SSSR count). The van der Waals surface area contributed by atoms with Crippen LogP contribution in [0, 0.1) is 39.9 Å². The van der Waals surface area contributed by atoms with Gasteiger partial charge in [-0.2, -0.15) is 0 Å². The van der Waals surface area contributed by atoms with E-state index in [2.05, 4.69) is 20.8 Å². The van der Waals surface area contributed by atoms with Crippen LogP contribution in [0.2, 0.25) is 0 Å². The number of carboxylic acid groups (broad SMARTS) is 1. The molecule has 3 saturated carbocycles. The van der Waals surface area contributed by atoms with Gasteiger partial charge in [-0.25, -0.2) is 0 Å². The van der Waals surface area contributed by atoms with E-state index in [1.54, 1.807) is 6.08 Å². The lowest BCUT2D eigenvalue weighted by atomic mass is 9.42. The highest BCUT2D eigenvalue weighted by atomic mass is 16.4. The van der Waals surface area contributed by atoms with Crippen LogP contribution in [0.1, 0.15) is 117 Å². The Morgan fingerprint density at radius 3 is 2.25 bits per heavy atom. The van der Waals surface area contributed by atoms with E-state index < -0.39 is 12.1 Å². The highest BCUT2D eigenvalue weighted by molar-refractivity contribution is 5.92. The van der Waals surface area contributed by atoms with Crippen molar-refractivity contribution in [3.63, 3.8) is 0 Å². The third kappa shape index (κ3) is 4.84. The van der Waals surface area contributed by atoms with Gasteiger partial charge >= 0.3 is 5.97 Å². The number of carboxylic acids is 1. The maximum absolute atomic E-state index is 12.4. The second-order valence-electron chi connectivity index (χ2n) is 13.5. The zero-order chi connectivity index (χ0) is 26.1. The van der Waals surface area contributed by atoms with Gasteiger partial charge in [0.25, 0.3) is 0 Å². The molecule has 5 nitrogen and oxygen atoms in total. The molecule has 3 unspecified atom stereocenters. The van der Waals surface area contributed by atoms with Gasteiger partial charge in [0.15, 0.2) is 5.78 Å². The molecule has 0 aliphatic heterocycles. The number of hydrogen-bond donors (Lipinski definition) is 3. The first-order chi connectivity index (χ1) is 17.1. The Morgan fingerprint density at radius 2 is 1.58 bits per heavy atom. The second-order valence-corrected chi connectivity index (χ2v) is 13.5. The van der Waals surface area contributed by atoms with E-state index in [1.165, 1.54) is 19.3 Å². The number of hydrogen-bond acceptors (Lipinski definition) is 4. The quantitative estimate of drug-likeness (QED) is 0.288. The minimum absolute atomic E-state index is 0.0146. The Morgan fingerprint density at radius 1 is 0.944 bits per heavy atom. The summed E-state index contributed by atoms with van der Waals surface area (Å²) in [5.41, 5.74) is 0.676. The Hall–Kier alpha value is -1.20. The Balaban J connectivity index is 1.56. The minimum atomic E-state index is -0.691. The first-order valence-corrected chi connectivity index (χ1v) is 14.8. The SMILES string of the molecule is C[C@]1(CC(=O)O)CCC2C3C(CC[C@@]21C)[C@@]1(C)CCC(=O)C=C1[C@H](O)[C@H]3CCCCCCCCCO. The summed E-state index contributed by atoms with van der Waals surface area (Å²) in [5, 5.41) is 30.5. The van der Waals surface area contributed by atoms with Gasteiger partial charge in [0, 0.05) is 13.0 Å². The topological polar surface area (TPSA) is 94.8 Å². The van der Waals surface area contributed by atoms with Crippen molar-refractivity contribution in [2.24, 2.45) is 39.9 Å². The molecule has 4 aliphatic carbocycles. The molecule has 0 spiro atoms. The number of aliphatic carboxylic acids is 1. The monoisotopic (exact) mass is 502 g/mol. The average molecular weight is 503 g/mol. The fraction of sp³-hybridized carbons (Fsp3) is 0.871. The smallest absolute Gasteiger partial charge is 0.303 e. The first-order valence-electron chi connectivity index (χ1n) is 14.8. The molecule has 0 bridgehead atoms. The molecule has 0 radical (unpaired) electrons. The van der Waals surface area contributed by atoms with Gasteiger partial charge < -0.3 is 15.3 Å². The van der Waals surface area contributed by atoms with Gasteiger partial charge in [0.05, 0.1) is 12.5 Å². The van der Waals surface area contributed by atoms with Crippen molar-refractivity contribution in [2.45, 2.75) is 123 Å². The molecule has 8 atom stereocenters. The van der Waals surface area contributed by atoms with Crippen LogP contribution in [0.4, 0.5) is 0 Å². The summed E-state index contributed by atoms with van der Waals surface area (Å²) in [6.45, 7) is 7.16. The van der Waals surface area contributed by atoms with E-state index in [0.29, 0.717) is 24.2 Å². The van der Waals surface area contributed by atoms with Crippen LogP contribution in [0.15, 0.2) is 11.6 Å². The highest BCUT2D eigenvalue weighted by Gasteiger charge is 2.65. The maximum Gasteiger partial charge on any atom is 0.303 e. The zero-order valence-electron chi connectivity index (χ0n) is 22.9. The van der Waals surface area contributed by atoms with Crippen LogP contribution >= 0.6 is 0 Å². The van der Waals surface area contributed by atoms with Gasteiger partial charge in [-0.3, -0.25) is 9.59 Å². The van der Waals surface area contributed by atoms with E-state index in [-0.39, 0.29) is 41.0 Å². The van der Waals surface area contributed by atoms with Crippen molar-refractivity contribution in [1.29, 1.82) is 0 Å². The molecular formula is C31H50O5. The summed E-state index contributed by atoms with van der Waals surface area (Å²) in [6, 6.07) is 0. The third-order valence-electron chi connectivity index (χ3n) is 11.7. The van der Waals surface area contributed by atoms with Gasteiger partial charge in [0.2, 0.25) is 0 Å². The molecule has 0 aromatic heterocycles. The van der Waals surface area contributed by atoms with Crippen LogP contribution < -0.4 is 0 Å². The van der Waals surface area contributed by atoms with Crippen molar-refractivity contribution in [3.05, 3.63) is 11.6 Å². The predicted molar refractivity (Wildman–Crippen MR) is 141 cm³/mol. The molecule has 0 aromatic rings. The minimum Gasteiger partial charge on any atom is -0.481 e. The fourth-order valence-corrected chi connectivity index (χ4v) is 9.45. The summed E-state index contributed by atoms with van der Waals surface area (Å²) in [6.07, 6.45) is 15.8. The summed E-state index contributed by atoms with van der Waals surface area (Å²) < 4.78 is 0. The lowest BCUT2D eigenvalue weighted by Crippen LogP contribution is -2.59. The molecule has 4 aliphatic rings. The van der Waals surface area contributed by atoms with Crippen LogP contribution in [-0.4, -0.2) is 39.8 Å². The predicted octanol–water partition coefficient (Wildman–Crippen LogP) is 6.31. The lowest BCUT2D eigenvalue weighted by molar-refractivity contribution is -0.150. The standard InChI is InChI=1S/C31H50O5/c1-29(20-26(34)35)15-13-24-27-22(11-9-7-5-4-6-8-10-18-32)28(36)25-19-21(33)12-16-30(25,2)23(27)14-17-31(24,29)3/h19,22-24,27-28,32,36H,4-18,20H2,1-3H3,(H,34,35)/t22-,23?,24?,27?,28+,29+,30+,31-/m0/s1. The molecule has 36 heavy (non-hydrogen) atoms. The van der Waals surface area contributed by atoms with E-state index in [4.69, 9.17) is 5.11 Å². The molecule has 0 aromatic carbocycles. The van der Waals surface area contributed by atoms with Gasteiger partial charge in [-0.05, 0) is 96.5 Å². The normalized spacial score (nSPS) is 41.9. The van der Waals surface area contributed by atoms with Crippen LogP contribution in [0.5, 0.6) is 0 Å². The van der Waals surface area contributed by atoms with Gasteiger partial charge in [0.1, 0.15) is 0 Å². The summed E-state index contributed by atoms with van der Waals surface area (Å²) in [4.78, 5) is 24.3. The fourth-order valence-electron chi connectivity index (χ4n) is 9.45. The number of rotatable bonds is 11. The van der Waals surface area contributed by atoms with E-state index in [1.807, 2.05) is 0 Å². The highest BCUT2D eigenvalue weighted by Crippen LogP contribution is 2.71. The van der Waals surface area contributed by atoms with Crippen molar-refractivity contribution < 1.29 is 24.9 Å². The molecule has 5 heteroatoms. The first kappa shape index (κ1) is 27.8. The van der Waals surface area contributed by atoms with E-state index >= 15 is 0 Å². The van der Waals surface area contributed by atoms with Crippen molar-refractivity contribution in [3.8, 4) is 0 Å². The number of carbonyl (C=O) groups is 2. The molecule has 0 amide bonds. The Kier molecular flexibility index (Phi) is 8.41. The van der Waals surface area contributed by atoms with Gasteiger partial charge in [-0.15, -0.1) is 0 Å². The number of carbonyl (C=O) groups excluding carboxylic acids is 1. The van der Waals surface area contributed by atoms with Crippen molar-refractivity contribution in [2.75, 3.05) is 6.61 Å². The van der Waals surface area contributed by atoms with E-state index in [0.717, 1.165) is 69.8 Å². The lowest BCUT2D eigenvalue weighted by Gasteiger charge is -2.63. The summed E-state index contributed by atoms with van der Waals surface area (Å²) in [7, 11) is 0. The number of fused-ring (bicyclic) bond motifs is 5. The Bertz CT molecular complexity index is 850. The molecule has 3 N–H and O–H groups in total. The molecule has 204 valence electrons. The second kappa shape index (κ2) is 10.9. The largest absolute Gasteiger partial charge is 0.481 e. The molecule has 3 fully saturated rings. The number of ketones is 1. The maximum atomic E-state index is 12.4. The summed E-state index contributed by atoms with van der Waals surface area (Å²) >= 11 is 0. The molecule has 0 heterocycles. The van der Waals surface area contributed by atoms with E-state index in [9.17, 15) is 19.8 Å². The number of aliphatic hydroxyl groups is 2. The van der Waals surface area contributed by atoms with Crippen LogP contribution in [-0.2, 0) is 9.59 Å². The number of unbranched alkanes of at least 4 members (excludes halogenated alkanes) is 6. The third-order valence-corrected chi connectivity index (χ3v) is 11.7. The average Bonchev–Trinajstić information content (AvgIpc) is 3.08. The van der Waals surface area contributed by atoms with Crippen LogP contribution in [0.3, 0.4) is 0 Å². The summed E-state index contributed by atoms with van der Waals surface area (Å²) in [5.74, 6) is 0.935.